The molecule has 1 saturated heterocycles. The van der Waals surface area contributed by atoms with Gasteiger partial charge >= 0.3 is 0 Å². The number of aliphatic hydroxyl groups is 1. The van der Waals surface area contributed by atoms with Crippen LogP contribution in [0.5, 0.6) is 0 Å². The van der Waals surface area contributed by atoms with Gasteiger partial charge in [0.2, 0.25) is 0 Å². The highest BCUT2D eigenvalue weighted by Crippen LogP contribution is 2.33. The van der Waals surface area contributed by atoms with E-state index >= 15 is 0 Å². The summed E-state index contributed by atoms with van der Waals surface area (Å²) >= 11 is 0. The smallest absolute Gasteiger partial charge is 0.189 e. The molecule has 0 saturated carbocycles. The molecule has 0 bridgehead atoms. The fourth-order valence-electron chi connectivity index (χ4n) is 4.14. The van der Waals surface area contributed by atoms with E-state index in [0.29, 0.717) is 18.7 Å². The van der Waals surface area contributed by atoms with E-state index < -0.39 is 14.6 Å². The van der Waals surface area contributed by atoms with Crippen LogP contribution in [0.4, 0.5) is 0 Å². The lowest BCUT2D eigenvalue weighted by Gasteiger charge is -2.36. The van der Waals surface area contributed by atoms with E-state index in [0.717, 1.165) is 5.56 Å². The zero-order valence-electron chi connectivity index (χ0n) is 20.3. The second-order valence-corrected chi connectivity index (χ2v) is 14.3. The number of ether oxygens (including phenoxy) is 2. The summed E-state index contributed by atoms with van der Waals surface area (Å²) in [6, 6.07) is 20.1. The number of rotatable bonds is 10. The van der Waals surface area contributed by atoms with Crippen molar-refractivity contribution in [2.24, 2.45) is 0 Å². The molecule has 1 N–H and O–H groups in total. The van der Waals surface area contributed by atoms with Crippen molar-refractivity contribution in [3.8, 4) is 0 Å². The van der Waals surface area contributed by atoms with Crippen molar-refractivity contribution in [2.45, 2.75) is 83.2 Å². The molecule has 0 aliphatic carbocycles. The van der Waals surface area contributed by atoms with Crippen molar-refractivity contribution in [2.75, 3.05) is 7.05 Å². The first kappa shape index (κ1) is 25.1. The summed E-state index contributed by atoms with van der Waals surface area (Å²) in [5.41, 5.74) is 2.77. The van der Waals surface area contributed by atoms with Gasteiger partial charge in [0.1, 0.15) is 12.2 Å². The Morgan fingerprint density at radius 2 is 1.53 bits per heavy atom. The maximum Gasteiger partial charge on any atom is 0.189 e. The lowest BCUT2D eigenvalue weighted by Crippen LogP contribution is -2.50. The Hall–Kier alpha value is -1.54. The quantitative estimate of drug-likeness (QED) is 0.519. The van der Waals surface area contributed by atoms with Gasteiger partial charge < -0.3 is 19.0 Å². The highest BCUT2D eigenvalue weighted by molar-refractivity contribution is 6.72. The predicted octanol–water partition coefficient (Wildman–Crippen LogP) is 4.81. The average Bonchev–Trinajstić information content (AvgIpc) is 3.09. The zero-order chi connectivity index (χ0) is 23.3. The van der Waals surface area contributed by atoms with Crippen molar-refractivity contribution in [1.82, 2.24) is 4.90 Å². The normalized spacial score (nSPS) is 24.9. The summed E-state index contributed by atoms with van der Waals surface area (Å²) in [5.74, 6) is 0. The van der Waals surface area contributed by atoms with Gasteiger partial charge in [-0.15, -0.1) is 0 Å². The van der Waals surface area contributed by atoms with Crippen molar-refractivity contribution in [3.63, 3.8) is 0 Å². The standard InChI is InChI=1S/C26H39NO4Si/c1-19(2)32(5,6)31-20(3)24-25(29-18-22-15-11-8-12-16-22)23(26(28)30-24)27(4)17-21-13-9-7-10-14-21/h7-16,19-20,23-26,28H,17-18H2,1-6H3/t20-,23-,24+,25-,26?/m1/s1. The number of hydrogen-bond donors (Lipinski definition) is 1. The van der Waals surface area contributed by atoms with Crippen molar-refractivity contribution in [1.29, 1.82) is 0 Å². The monoisotopic (exact) mass is 457 g/mol. The van der Waals surface area contributed by atoms with Crippen LogP contribution < -0.4 is 0 Å². The highest BCUT2D eigenvalue weighted by Gasteiger charge is 2.50. The molecule has 2 aromatic carbocycles. The number of aliphatic hydroxyl groups excluding tert-OH is 1. The van der Waals surface area contributed by atoms with Crippen LogP contribution in [0, 0.1) is 0 Å². The summed E-state index contributed by atoms with van der Waals surface area (Å²) in [7, 11) is 0.127. The number of likely N-dealkylation sites (N-methyl/N-ethyl adjacent to an activating group) is 1. The third-order valence-corrected chi connectivity index (χ3v) is 10.4. The predicted molar refractivity (Wildman–Crippen MR) is 131 cm³/mol. The Balaban J connectivity index is 1.80. The topological polar surface area (TPSA) is 51.2 Å². The molecule has 3 rings (SSSR count). The fourth-order valence-corrected chi connectivity index (χ4v) is 5.51. The Kier molecular flexibility index (Phi) is 8.66. The van der Waals surface area contributed by atoms with E-state index in [4.69, 9.17) is 13.9 Å². The van der Waals surface area contributed by atoms with Crippen molar-refractivity contribution >= 4 is 8.32 Å². The first-order chi connectivity index (χ1) is 15.2. The Morgan fingerprint density at radius 1 is 0.969 bits per heavy atom. The molecule has 0 radical (unpaired) electrons. The van der Waals surface area contributed by atoms with Crippen LogP contribution in [0.15, 0.2) is 60.7 Å². The molecule has 1 aliphatic rings. The van der Waals surface area contributed by atoms with E-state index in [9.17, 15) is 5.11 Å². The van der Waals surface area contributed by atoms with Crippen LogP contribution in [0.3, 0.4) is 0 Å². The van der Waals surface area contributed by atoms with Crippen molar-refractivity contribution in [3.05, 3.63) is 71.8 Å². The van der Waals surface area contributed by atoms with Gasteiger partial charge in [0.05, 0.1) is 18.8 Å². The molecule has 176 valence electrons. The summed E-state index contributed by atoms with van der Waals surface area (Å²) in [4.78, 5) is 2.13. The average molecular weight is 458 g/mol. The van der Waals surface area contributed by atoms with Crippen LogP contribution in [0.2, 0.25) is 18.6 Å². The minimum atomic E-state index is -1.89. The lowest BCUT2D eigenvalue weighted by atomic mass is 10.0. The van der Waals surface area contributed by atoms with Gasteiger partial charge in [-0.05, 0) is 43.7 Å². The summed E-state index contributed by atoms with van der Waals surface area (Å²) in [6.07, 6.45) is -1.78. The molecule has 5 nitrogen and oxygen atoms in total. The van der Waals surface area contributed by atoms with E-state index in [-0.39, 0.29) is 24.4 Å². The second kappa shape index (κ2) is 11.1. The molecule has 2 aromatic rings. The van der Waals surface area contributed by atoms with Gasteiger partial charge in [-0.1, -0.05) is 74.5 Å². The van der Waals surface area contributed by atoms with E-state index in [1.54, 1.807) is 0 Å². The Labute approximate surface area is 194 Å². The molecule has 1 aliphatic heterocycles. The van der Waals surface area contributed by atoms with E-state index in [1.807, 2.05) is 50.4 Å². The van der Waals surface area contributed by atoms with E-state index in [2.05, 4.69) is 56.1 Å². The maximum atomic E-state index is 10.9. The highest BCUT2D eigenvalue weighted by atomic mass is 28.4. The lowest BCUT2D eigenvalue weighted by molar-refractivity contribution is -0.135. The van der Waals surface area contributed by atoms with Gasteiger partial charge in [-0.3, -0.25) is 4.90 Å². The number of hydrogen-bond acceptors (Lipinski definition) is 5. The molecule has 0 spiro atoms. The van der Waals surface area contributed by atoms with Gasteiger partial charge in [-0.25, -0.2) is 0 Å². The SMILES string of the molecule is CC(C)[Si](C)(C)O[C@H](C)[C@@H]1OC(O)[C@H](N(C)Cc2ccccc2)[C@H]1OCc1ccccc1. The molecule has 5 atom stereocenters. The fraction of sp³-hybridized carbons (Fsp3) is 0.538. The Bertz CT molecular complexity index is 817. The van der Waals surface area contributed by atoms with Gasteiger partial charge in [0.15, 0.2) is 14.6 Å². The minimum absolute atomic E-state index is 0.176. The molecule has 1 fully saturated rings. The van der Waals surface area contributed by atoms with Gasteiger partial charge in [-0.2, -0.15) is 0 Å². The third-order valence-electron chi connectivity index (χ3n) is 6.66. The minimum Gasteiger partial charge on any atom is -0.412 e. The number of nitrogens with zero attached hydrogens (tertiary/aromatic N) is 1. The van der Waals surface area contributed by atoms with Crippen molar-refractivity contribution < 1.29 is 19.0 Å². The molecule has 0 amide bonds. The third kappa shape index (κ3) is 6.28. The molecular formula is C26H39NO4Si. The van der Waals surface area contributed by atoms with Crippen LogP contribution in [0.25, 0.3) is 0 Å². The molecular weight excluding hydrogens is 418 g/mol. The number of benzene rings is 2. The summed E-state index contributed by atoms with van der Waals surface area (Å²) in [5, 5.41) is 10.9. The molecule has 1 heterocycles. The molecule has 32 heavy (non-hydrogen) atoms. The largest absolute Gasteiger partial charge is 0.412 e. The summed E-state index contributed by atoms with van der Waals surface area (Å²) < 4.78 is 19.1. The van der Waals surface area contributed by atoms with Gasteiger partial charge in [0.25, 0.3) is 0 Å². The first-order valence-electron chi connectivity index (χ1n) is 11.6. The van der Waals surface area contributed by atoms with Crippen LogP contribution in [-0.4, -0.2) is 56.0 Å². The van der Waals surface area contributed by atoms with E-state index in [1.165, 1.54) is 5.56 Å². The van der Waals surface area contributed by atoms with Crippen LogP contribution in [-0.2, 0) is 27.1 Å². The first-order valence-corrected chi connectivity index (χ1v) is 14.6. The second-order valence-electron chi connectivity index (χ2n) is 9.72. The molecule has 1 unspecified atom stereocenters. The maximum absolute atomic E-state index is 10.9. The van der Waals surface area contributed by atoms with Crippen LogP contribution >= 0.6 is 0 Å². The zero-order valence-corrected chi connectivity index (χ0v) is 21.3. The molecule has 6 heteroatoms. The van der Waals surface area contributed by atoms with Gasteiger partial charge in [0, 0.05) is 6.54 Å². The summed E-state index contributed by atoms with van der Waals surface area (Å²) in [6.45, 7) is 12.1. The van der Waals surface area contributed by atoms with Crippen LogP contribution in [0.1, 0.15) is 31.9 Å². The molecule has 0 aromatic heterocycles. The Morgan fingerprint density at radius 3 is 2.09 bits per heavy atom.